The molecule has 2 aromatic rings. The molecule has 0 fully saturated rings. The van der Waals surface area contributed by atoms with Gasteiger partial charge in [-0.2, -0.15) is 5.26 Å². The number of nitrogens with one attached hydrogen (secondary N) is 2. The van der Waals surface area contributed by atoms with Gasteiger partial charge in [0.2, 0.25) is 11.8 Å². The van der Waals surface area contributed by atoms with Crippen molar-refractivity contribution in [1.82, 2.24) is 15.5 Å². The number of carbonyl (C=O) groups excluding carboxylic acids is 4. The second-order valence-corrected chi connectivity index (χ2v) is 13.0. The Balaban J connectivity index is 2.58. The Kier molecular flexibility index (Phi) is 12.5. The topological polar surface area (TPSA) is 138 Å². The van der Waals surface area contributed by atoms with Gasteiger partial charge in [-0.25, -0.2) is 9.59 Å². The van der Waals surface area contributed by atoms with Gasteiger partial charge >= 0.3 is 12.1 Å². The van der Waals surface area contributed by atoms with E-state index < -0.39 is 65.7 Å². The van der Waals surface area contributed by atoms with Crippen LogP contribution in [0.3, 0.4) is 0 Å². The Morgan fingerprint density at radius 1 is 0.864 bits per heavy atom. The van der Waals surface area contributed by atoms with E-state index in [1.54, 1.807) is 86.6 Å². The van der Waals surface area contributed by atoms with Gasteiger partial charge in [0.25, 0.3) is 0 Å². The van der Waals surface area contributed by atoms with Crippen molar-refractivity contribution in [2.75, 3.05) is 6.54 Å². The molecule has 0 aliphatic rings. The van der Waals surface area contributed by atoms with Crippen molar-refractivity contribution in [1.29, 1.82) is 5.26 Å². The molecule has 10 heteroatoms. The van der Waals surface area contributed by atoms with Gasteiger partial charge in [-0.1, -0.05) is 68.4 Å². The molecule has 2 aromatic carbocycles. The first-order valence-electron chi connectivity index (χ1n) is 14.7. The molecule has 0 saturated heterocycles. The molecule has 238 valence electrons. The number of alkyl carbamates (subject to hydrolysis) is 1. The number of benzene rings is 2. The molecule has 2 rings (SSSR count). The lowest BCUT2D eigenvalue weighted by atomic mass is 9.95. The number of nitrogens with zero attached hydrogens (tertiary/aromatic N) is 2. The number of aryl methyl sites for hydroxylation is 1. The van der Waals surface area contributed by atoms with Gasteiger partial charge in [-0.3, -0.25) is 9.59 Å². The maximum absolute atomic E-state index is 14.3. The molecule has 2 N–H and O–H groups in total. The molecule has 0 heterocycles. The summed E-state index contributed by atoms with van der Waals surface area (Å²) < 4.78 is 11.0. The number of carbonyl (C=O) groups is 4. The van der Waals surface area contributed by atoms with Crippen molar-refractivity contribution in [2.45, 2.75) is 98.1 Å². The van der Waals surface area contributed by atoms with E-state index in [-0.39, 0.29) is 6.42 Å². The van der Waals surface area contributed by atoms with E-state index in [0.717, 1.165) is 10.5 Å². The zero-order valence-electron chi connectivity index (χ0n) is 27.3. The maximum Gasteiger partial charge on any atom is 0.408 e. The molecule has 3 amide bonds. The largest absolute Gasteiger partial charge is 0.458 e. The Labute approximate surface area is 261 Å². The van der Waals surface area contributed by atoms with Crippen LogP contribution in [-0.4, -0.2) is 58.6 Å². The van der Waals surface area contributed by atoms with Gasteiger partial charge in [0, 0.05) is 6.42 Å². The van der Waals surface area contributed by atoms with Crippen LogP contribution in [0, 0.1) is 24.2 Å². The molecule has 0 saturated carbocycles. The Morgan fingerprint density at radius 2 is 1.43 bits per heavy atom. The van der Waals surface area contributed by atoms with E-state index in [0.29, 0.717) is 11.1 Å². The third-order valence-corrected chi connectivity index (χ3v) is 6.46. The monoisotopic (exact) mass is 606 g/mol. The quantitative estimate of drug-likeness (QED) is 0.271. The summed E-state index contributed by atoms with van der Waals surface area (Å²) in [7, 11) is 0. The molecular weight excluding hydrogens is 560 g/mol. The number of nitriles is 1. The number of hydrogen-bond acceptors (Lipinski definition) is 7. The van der Waals surface area contributed by atoms with E-state index in [1.807, 2.05) is 36.4 Å². The minimum Gasteiger partial charge on any atom is -0.458 e. The van der Waals surface area contributed by atoms with Crippen molar-refractivity contribution in [3.8, 4) is 6.07 Å². The predicted molar refractivity (Wildman–Crippen MR) is 167 cm³/mol. The van der Waals surface area contributed by atoms with Crippen LogP contribution in [0.4, 0.5) is 4.79 Å². The lowest BCUT2D eigenvalue weighted by Gasteiger charge is -2.35. The minimum absolute atomic E-state index is 0.142. The average molecular weight is 607 g/mol. The smallest absolute Gasteiger partial charge is 0.408 e. The van der Waals surface area contributed by atoms with Gasteiger partial charge < -0.3 is 25.0 Å². The van der Waals surface area contributed by atoms with Crippen LogP contribution >= 0.6 is 0 Å². The van der Waals surface area contributed by atoms with Crippen LogP contribution < -0.4 is 10.6 Å². The van der Waals surface area contributed by atoms with Crippen molar-refractivity contribution >= 4 is 23.9 Å². The fourth-order valence-electron chi connectivity index (χ4n) is 4.51. The SMILES string of the molecule is Cc1ccccc1C(C(=O)NC(Cc1ccccc1)C(=O)OC(C)(C)C)N(CC#N)C(=O)C(NC(=O)OC(C)(C)C)C(C)C. The standard InChI is InChI=1S/C34H46N4O6/c1-22(2)27(37-32(42)44-34(7,8)9)30(40)38(20-19-35)28(25-18-14-13-15-23(25)3)29(39)36-26(31(41)43-33(4,5)6)21-24-16-11-10-12-17-24/h10-18,22,26-28H,20-21H2,1-9H3,(H,36,39)(H,37,42). The molecule has 0 spiro atoms. The third kappa shape index (κ3) is 11.0. The summed E-state index contributed by atoms with van der Waals surface area (Å²) in [5.41, 5.74) is 0.340. The zero-order chi connectivity index (χ0) is 33.2. The van der Waals surface area contributed by atoms with E-state index >= 15 is 0 Å². The van der Waals surface area contributed by atoms with Crippen LogP contribution in [0.1, 0.15) is 78.1 Å². The zero-order valence-corrected chi connectivity index (χ0v) is 27.3. The number of amides is 3. The summed E-state index contributed by atoms with van der Waals surface area (Å²) in [5, 5.41) is 15.3. The molecular formula is C34H46N4O6. The molecule has 0 radical (unpaired) electrons. The van der Waals surface area contributed by atoms with E-state index in [9.17, 15) is 24.4 Å². The second kappa shape index (κ2) is 15.4. The first kappa shape index (κ1) is 35.8. The number of rotatable bonds is 11. The number of ether oxygens (including phenoxy) is 2. The van der Waals surface area contributed by atoms with Gasteiger partial charge in [0.15, 0.2) is 0 Å². The van der Waals surface area contributed by atoms with Crippen LogP contribution in [0.5, 0.6) is 0 Å². The Morgan fingerprint density at radius 3 is 1.95 bits per heavy atom. The first-order valence-corrected chi connectivity index (χ1v) is 14.7. The summed E-state index contributed by atoms with van der Waals surface area (Å²) in [6.45, 7) is 15.1. The fraction of sp³-hybridized carbons (Fsp3) is 0.500. The van der Waals surface area contributed by atoms with Crippen molar-refractivity contribution in [3.63, 3.8) is 0 Å². The van der Waals surface area contributed by atoms with Crippen molar-refractivity contribution in [2.24, 2.45) is 5.92 Å². The third-order valence-electron chi connectivity index (χ3n) is 6.46. The lowest BCUT2D eigenvalue weighted by Crippen LogP contribution is -2.56. The van der Waals surface area contributed by atoms with Gasteiger partial charge in [0.1, 0.15) is 35.9 Å². The van der Waals surface area contributed by atoms with E-state index in [4.69, 9.17) is 9.47 Å². The highest BCUT2D eigenvalue weighted by atomic mass is 16.6. The van der Waals surface area contributed by atoms with Gasteiger partial charge in [-0.05, 0) is 71.1 Å². The minimum atomic E-state index is -1.30. The normalized spacial score (nSPS) is 13.6. The van der Waals surface area contributed by atoms with Crippen LogP contribution in [0.25, 0.3) is 0 Å². The van der Waals surface area contributed by atoms with Crippen LogP contribution in [0.15, 0.2) is 54.6 Å². The summed E-state index contributed by atoms with van der Waals surface area (Å²) in [6, 6.07) is 14.7. The number of hydrogen-bond donors (Lipinski definition) is 2. The van der Waals surface area contributed by atoms with E-state index in [2.05, 4.69) is 10.6 Å². The fourth-order valence-corrected chi connectivity index (χ4v) is 4.51. The Bertz CT molecular complexity index is 1340. The lowest BCUT2D eigenvalue weighted by molar-refractivity contribution is -0.159. The first-order chi connectivity index (χ1) is 20.4. The molecule has 0 aromatic heterocycles. The van der Waals surface area contributed by atoms with Gasteiger partial charge in [0.05, 0.1) is 6.07 Å². The molecule has 3 atom stereocenters. The summed E-state index contributed by atoms with van der Waals surface area (Å²) in [6.07, 6.45) is -0.658. The highest BCUT2D eigenvalue weighted by Gasteiger charge is 2.39. The van der Waals surface area contributed by atoms with Crippen molar-refractivity contribution in [3.05, 3.63) is 71.3 Å². The predicted octanol–water partition coefficient (Wildman–Crippen LogP) is 5.01. The molecule has 3 unspecified atom stereocenters. The van der Waals surface area contributed by atoms with Crippen molar-refractivity contribution < 1.29 is 28.7 Å². The summed E-state index contributed by atoms with van der Waals surface area (Å²) >= 11 is 0. The second-order valence-electron chi connectivity index (χ2n) is 13.0. The molecule has 0 aliphatic carbocycles. The van der Waals surface area contributed by atoms with E-state index in [1.165, 1.54) is 0 Å². The molecule has 10 nitrogen and oxygen atoms in total. The average Bonchev–Trinajstić information content (AvgIpc) is 2.90. The summed E-state index contributed by atoms with van der Waals surface area (Å²) in [5.74, 6) is -2.37. The molecule has 0 aliphatic heterocycles. The van der Waals surface area contributed by atoms with Crippen LogP contribution in [0.2, 0.25) is 0 Å². The molecule has 0 bridgehead atoms. The Hall–Kier alpha value is -4.39. The van der Waals surface area contributed by atoms with Gasteiger partial charge in [-0.15, -0.1) is 0 Å². The summed E-state index contributed by atoms with van der Waals surface area (Å²) in [4.78, 5) is 55.6. The van der Waals surface area contributed by atoms with Crippen LogP contribution in [-0.2, 0) is 30.3 Å². The number of esters is 1. The highest BCUT2D eigenvalue weighted by Crippen LogP contribution is 2.27. The molecule has 44 heavy (non-hydrogen) atoms. The highest BCUT2D eigenvalue weighted by molar-refractivity contribution is 5.94. The maximum atomic E-state index is 14.3.